The number of hydrogen-bond donors (Lipinski definition) is 1. The summed E-state index contributed by atoms with van der Waals surface area (Å²) in [6.45, 7) is 5.99. The van der Waals surface area contributed by atoms with Crippen molar-refractivity contribution < 1.29 is 22.7 Å². The second kappa shape index (κ2) is 11.5. The van der Waals surface area contributed by atoms with E-state index in [1.165, 1.54) is 38.9 Å². The average Bonchev–Trinajstić information content (AvgIpc) is 3.34. The standard InChI is InChI=1S/C39H50N6O5S/c1-41(2)51(48,49)40-36(46)34-29-17-45-30(16-28-31(50-5)15-14-25(35(28)45)24-10-7-6-8-11-24)32-26(33(29)34)12-9-13-27(32)37(47)44-22-38-18-42(3)19-39(38,23-44)21-43(4)20-38/h9,12,14-16,24,27,32H,6-8,10-11,13,17-23H2,1-5H3,(H,40,46)/t27-,32?,38?,39?/m1/s1. The molecule has 1 saturated carbocycles. The Kier molecular flexibility index (Phi) is 7.54. The number of aromatic nitrogens is 1. The number of nitrogens with one attached hydrogen (secondary N) is 1. The van der Waals surface area contributed by atoms with Crippen LogP contribution in [0.1, 0.15) is 61.6 Å². The molecule has 1 aromatic carbocycles. The number of hydrogen-bond acceptors (Lipinski definition) is 7. The van der Waals surface area contributed by atoms with E-state index in [0.29, 0.717) is 24.5 Å². The van der Waals surface area contributed by atoms with Crippen LogP contribution in [-0.4, -0.2) is 118 Å². The van der Waals surface area contributed by atoms with Gasteiger partial charge in [-0.1, -0.05) is 37.5 Å². The summed E-state index contributed by atoms with van der Waals surface area (Å²) in [6, 6.07) is 6.57. The molecule has 51 heavy (non-hydrogen) atoms. The van der Waals surface area contributed by atoms with Crippen molar-refractivity contribution in [3.63, 3.8) is 0 Å². The maximum atomic E-state index is 15.1. The third-order valence-electron chi connectivity index (χ3n) is 13.4. The van der Waals surface area contributed by atoms with Crippen LogP contribution >= 0.6 is 0 Å². The zero-order chi connectivity index (χ0) is 35.6. The first-order valence-electron chi connectivity index (χ1n) is 18.6. The fourth-order valence-electron chi connectivity index (χ4n) is 11.4. The van der Waals surface area contributed by atoms with E-state index < -0.39 is 16.1 Å². The van der Waals surface area contributed by atoms with Crippen LogP contribution in [0, 0.1) is 16.7 Å². The fraction of sp³-hybridized carbons (Fsp3) is 0.590. The van der Waals surface area contributed by atoms with Gasteiger partial charge in [-0.2, -0.15) is 12.7 Å². The van der Waals surface area contributed by atoms with Gasteiger partial charge in [-0.05, 0) is 73.7 Å². The van der Waals surface area contributed by atoms with Crippen LogP contribution in [0.15, 0.2) is 52.6 Å². The number of fused-ring (bicyclic) bond motifs is 6. The highest BCUT2D eigenvalue weighted by atomic mass is 32.2. The molecule has 12 heteroatoms. The molecule has 4 fully saturated rings. The van der Waals surface area contributed by atoms with Crippen molar-refractivity contribution in [1.82, 2.24) is 28.3 Å². The summed E-state index contributed by atoms with van der Waals surface area (Å²) in [5, 5.41) is 1.04. The minimum absolute atomic E-state index is 0.0764. The predicted molar refractivity (Wildman–Crippen MR) is 196 cm³/mol. The van der Waals surface area contributed by atoms with Crippen LogP contribution in [-0.2, 0) is 26.3 Å². The van der Waals surface area contributed by atoms with E-state index in [0.717, 1.165) is 95.5 Å². The summed E-state index contributed by atoms with van der Waals surface area (Å²) < 4.78 is 37.2. The number of rotatable bonds is 6. The number of nitrogens with zero attached hydrogens (tertiary/aromatic N) is 5. The normalized spacial score (nSPS) is 30.7. The van der Waals surface area contributed by atoms with Crippen LogP contribution in [0.25, 0.3) is 10.9 Å². The van der Waals surface area contributed by atoms with Gasteiger partial charge in [0.05, 0.1) is 24.1 Å². The van der Waals surface area contributed by atoms with Crippen molar-refractivity contribution >= 4 is 32.9 Å². The molecular formula is C39H50N6O5S. The van der Waals surface area contributed by atoms with Crippen LogP contribution in [0.4, 0.5) is 0 Å². The maximum Gasteiger partial charge on any atom is 0.303 e. The second-order valence-corrected chi connectivity index (χ2v) is 18.7. The SMILES string of the molecule is COc1ccc(C2CCCCC2)c2c1cc1n2CC2=C(C(=O)NS(=O)(=O)N(C)C)C2=C2C=CC[C@@H](C(=O)N3CC45CN(C)CC4(CN(C)C5)C3)C21. The molecule has 1 unspecified atom stereocenters. The van der Waals surface area contributed by atoms with E-state index in [1.54, 1.807) is 7.11 Å². The summed E-state index contributed by atoms with van der Waals surface area (Å²) in [4.78, 5) is 35.9. The molecule has 0 spiro atoms. The lowest BCUT2D eigenvalue weighted by Gasteiger charge is -2.35. The third kappa shape index (κ3) is 4.88. The van der Waals surface area contributed by atoms with Gasteiger partial charge in [-0.15, -0.1) is 0 Å². The Morgan fingerprint density at radius 2 is 1.63 bits per heavy atom. The van der Waals surface area contributed by atoms with Crippen LogP contribution in [0.2, 0.25) is 0 Å². The Bertz CT molecular complexity index is 2030. The van der Waals surface area contributed by atoms with Crippen LogP contribution < -0.4 is 9.46 Å². The molecule has 2 atom stereocenters. The lowest BCUT2D eigenvalue weighted by molar-refractivity contribution is -0.136. The first-order chi connectivity index (χ1) is 24.4. The first kappa shape index (κ1) is 33.4. The third-order valence-corrected chi connectivity index (χ3v) is 14.9. The zero-order valence-electron chi connectivity index (χ0n) is 30.5. The molecule has 4 aliphatic heterocycles. The minimum atomic E-state index is -3.99. The van der Waals surface area contributed by atoms with Gasteiger partial charge < -0.3 is 24.0 Å². The number of methoxy groups -OCH3 is 1. The predicted octanol–water partition coefficient (Wildman–Crippen LogP) is 3.61. The van der Waals surface area contributed by atoms with Gasteiger partial charge in [0.15, 0.2) is 0 Å². The van der Waals surface area contributed by atoms with Gasteiger partial charge in [0, 0.05) is 87.7 Å². The minimum Gasteiger partial charge on any atom is -0.496 e. The molecule has 1 N–H and O–H groups in total. The molecule has 3 aliphatic carbocycles. The molecule has 7 aliphatic rings. The van der Waals surface area contributed by atoms with E-state index in [4.69, 9.17) is 4.74 Å². The van der Waals surface area contributed by atoms with E-state index >= 15 is 4.79 Å². The highest BCUT2D eigenvalue weighted by Crippen LogP contribution is 2.58. The van der Waals surface area contributed by atoms with Crippen molar-refractivity contribution in [1.29, 1.82) is 0 Å². The van der Waals surface area contributed by atoms with Gasteiger partial charge in [0.25, 0.3) is 5.91 Å². The monoisotopic (exact) mass is 714 g/mol. The number of amides is 2. The smallest absolute Gasteiger partial charge is 0.303 e. The first-order valence-corrected chi connectivity index (χ1v) is 20.1. The number of benzene rings is 1. The molecule has 0 bridgehead atoms. The van der Waals surface area contributed by atoms with Gasteiger partial charge in [0.1, 0.15) is 5.75 Å². The molecule has 5 heterocycles. The van der Waals surface area contributed by atoms with E-state index in [9.17, 15) is 13.2 Å². The molecular weight excluding hydrogens is 665 g/mol. The zero-order valence-corrected chi connectivity index (χ0v) is 31.3. The number of allylic oxidation sites excluding steroid dienone is 4. The topological polar surface area (TPSA) is 107 Å². The molecule has 2 amide bonds. The van der Waals surface area contributed by atoms with Crippen molar-refractivity contribution in [2.75, 3.05) is 74.6 Å². The van der Waals surface area contributed by atoms with Crippen molar-refractivity contribution in [2.45, 2.75) is 56.9 Å². The summed E-state index contributed by atoms with van der Waals surface area (Å²) in [5.74, 6) is 0.161. The average molecular weight is 715 g/mol. The second-order valence-electron chi connectivity index (χ2n) is 16.8. The lowest BCUT2D eigenvalue weighted by atomic mass is 9.71. The Morgan fingerprint density at radius 1 is 0.961 bits per heavy atom. The number of ether oxygens (including phenoxy) is 1. The van der Waals surface area contributed by atoms with Crippen molar-refractivity contribution in [3.8, 4) is 5.75 Å². The Labute approximate surface area is 301 Å². The molecule has 0 radical (unpaired) electrons. The largest absolute Gasteiger partial charge is 0.496 e. The number of likely N-dealkylation sites (tertiary alicyclic amines) is 3. The molecule has 1 aromatic heterocycles. The van der Waals surface area contributed by atoms with Gasteiger partial charge in [0.2, 0.25) is 5.91 Å². The van der Waals surface area contributed by atoms with Crippen LogP contribution in [0.3, 0.4) is 0 Å². The quantitative estimate of drug-likeness (QED) is 0.488. The molecule has 3 saturated heterocycles. The maximum absolute atomic E-state index is 15.1. The Balaban J connectivity index is 1.18. The summed E-state index contributed by atoms with van der Waals surface area (Å²) in [6.07, 6.45) is 10.7. The van der Waals surface area contributed by atoms with E-state index in [1.807, 2.05) is 0 Å². The Hall–Kier alpha value is -3.45. The van der Waals surface area contributed by atoms with Gasteiger partial charge in [-0.25, -0.2) is 4.72 Å². The Morgan fingerprint density at radius 3 is 2.25 bits per heavy atom. The summed E-state index contributed by atoms with van der Waals surface area (Å²) in [5.41, 5.74) is 6.68. The molecule has 9 rings (SSSR count). The van der Waals surface area contributed by atoms with Crippen molar-refractivity contribution in [2.24, 2.45) is 16.7 Å². The molecule has 2 aromatic rings. The fourth-order valence-corrected chi connectivity index (χ4v) is 11.9. The lowest BCUT2D eigenvalue weighted by Crippen LogP contribution is -2.44. The highest BCUT2D eigenvalue weighted by Gasteiger charge is 2.67. The number of carbonyl (C=O) groups is 2. The highest BCUT2D eigenvalue weighted by molar-refractivity contribution is 7.87. The van der Waals surface area contributed by atoms with E-state index in [-0.39, 0.29) is 28.6 Å². The van der Waals surface area contributed by atoms with Crippen LogP contribution in [0.5, 0.6) is 5.75 Å². The van der Waals surface area contributed by atoms with Crippen molar-refractivity contribution in [3.05, 3.63) is 63.9 Å². The van der Waals surface area contributed by atoms with E-state index in [2.05, 4.69) is 68.4 Å². The molecule has 11 nitrogen and oxygen atoms in total. The van der Waals surface area contributed by atoms with Gasteiger partial charge in [-0.3, -0.25) is 9.59 Å². The number of carbonyl (C=O) groups excluding carboxylic acids is 2. The summed E-state index contributed by atoms with van der Waals surface area (Å²) in [7, 11) is 4.96. The summed E-state index contributed by atoms with van der Waals surface area (Å²) >= 11 is 0. The molecule has 272 valence electrons. The van der Waals surface area contributed by atoms with Gasteiger partial charge >= 0.3 is 10.2 Å².